The molecular formula is C15H22N2O4S. The monoisotopic (exact) mass is 326 g/mol. The van der Waals surface area contributed by atoms with Crippen LogP contribution in [0.4, 0.5) is 10.5 Å². The Morgan fingerprint density at radius 3 is 2.73 bits per heavy atom. The van der Waals surface area contributed by atoms with Crippen molar-refractivity contribution < 1.29 is 17.9 Å². The van der Waals surface area contributed by atoms with Gasteiger partial charge in [0.25, 0.3) is 0 Å². The molecule has 0 bridgehead atoms. The quantitative estimate of drug-likeness (QED) is 0.867. The number of para-hydroxylation sites is 2. The third-order valence-corrected chi connectivity index (χ3v) is 5.04. The van der Waals surface area contributed by atoms with E-state index in [0.29, 0.717) is 30.4 Å². The van der Waals surface area contributed by atoms with Crippen molar-refractivity contribution in [3.05, 3.63) is 24.3 Å². The highest BCUT2D eigenvalue weighted by molar-refractivity contribution is 7.91. The van der Waals surface area contributed by atoms with Gasteiger partial charge in [0.1, 0.15) is 5.75 Å². The van der Waals surface area contributed by atoms with Crippen LogP contribution in [0.3, 0.4) is 0 Å². The van der Waals surface area contributed by atoms with Gasteiger partial charge in [-0.3, -0.25) is 0 Å². The summed E-state index contributed by atoms with van der Waals surface area (Å²) in [5, 5.41) is 5.41. The van der Waals surface area contributed by atoms with Crippen LogP contribution in [0.15, 0.2) is 24.3 Å². The van der Waals surface area contributed by atoms with E-state index < -0.39 is 15.9 Å². The molecule has 2 amide bonds. The molecule has 122 valence electrons. The van der Waals surface area contributed by atoms with E-state index in [4.69, 9.17) is 4.74 Å². The van der Waals surface area contributed by atoms with Crippen LogP contribution < -0.4 is 15.4 Å². The Morgan fingerprint density at radius 1 is 1.36 bits per heavy atom. The maximum Gasteiger partial charge on any atom is 0.319 e. The first-order chi connectivity index (χ1) is 10.4. The summed E-state index contributed by atoms with van der Waals surface area (Å²) in [6.45, 7) is 4.65. The Hall–Kier alpha value is -1.76. The first kappa shape index (κ1) is 16.6. The molecule has 2 N–H and O–H groups in total. The number of amides is 2. The van der Waals surface area contributed by atoms with E-state index in [-0.39, 0.29) is 17.5 Å². The second kappa shape index (κ2) is 7.00. The van der Waals surface area contributed by atoms with Gasteiger partial charge in [-0.05, 0) is 24.5 Å². The molecule has 0 saturated carbocycles. The third-order valence-electron chi connectivity index (χ3n) is 3.28. The van der Waals surface area contributed by atoms with Crippen LogP contribution >= 0.6 is 0 Å². The second-order valence-electron chi connectivity index (χ2n) is 5.90. The van der Waals surface area contributed by atoms with Crippen molar-refractivity contribution in [2.45, 2.75) is 26.3 Å². The largest absolute Gasteiger partial charge is 0.491 e. The zero-order valence-corrected chi connectivity index (χ0v) is 13.7. The predicted octanol–water partition coefficient (Wildman–Crippen LogP) is 2.03. The summed E-state index contributed by atoms with van der Waals surface area (Å²) in [5.41, 5.74) is 0.571. The van der Waals surface area contributed by atoms with Gasteiger partial charge in [-0.1, -0.05) is 26.0 Å². The Kier molecular flexibility index (Phi) is 5.28. The first-order valence-electron chi connectivity index (χ1n) is 7.35. The Bertz CT molecular complexity index is 628. The number of sulfone groups is 1. The van der Waals surface area contributed by atoms with Gasteiger partial charge in [0.2, 0.25) is 0 Å². The number of nitrogens with one attached hydrogen (secondary N) is 2. The molecule has 6 nitrogen and oxygen atoms in total. The molecule has 1 aliphatic heterocycles. The lowest BCUT2D eigenvalue weighted by Crippen LogP contribution is -2.38. The van der Waals surface area contributed by atoms with Gasteiger partial charge in [0.15, 0.2) is 9.84 Å². The van der Waals surface area contributed by atoms with E-state index in [0.717, 1.165) is 0 Å². The Morgan fingerprint density at radius 2 is 2.09 bits per heavy atom. The zero-order valence-electron chi connectivity index (χ0n) is 12.8. The third kappa shape index (κ3) is 4.91. The van der Waals surface area contributed by atoms with Crippen LogP contribution in [0.2, 0.25) is 0 Å². The van der Waals surface area contributed by atoms with Gasteiger partial charge < -0.3 is 15.4 Å². The van der Waals surface area contributed by atoms with Gasteiger partial charge in [0, 0.05) is 6.04 Å². The van der Waals surface area contributed by atoms with Crippen molar-refractivity contribution in [3.63, 3.8) is 0 Å². The molecule has 22 heavy (non-hydrogen) atoms. The zero-order chi connectivity index (χ0) is 16.2. The van der Waals surface area contributed by atoms with Crippen LogP contribution in [0.1, 0.15) is 20.3 Å². The van der Waals surface area contributed by atoms with E-state index in [1.165, 1.54) is 0 Å². The summed E-state index contributed by atoms with van der Waals surface area (Å²) in [6, 6.07) is 6.44. The first-order valence-corrected chi connectivity index (χ1v) is 9.17. The minimum absolute atomic E-state index is 0.00587. The highest BCUT2D eigenvalue weighted by Gasteiger charge is 2.29. The lowest BCUT2D eigenvalue weighted by Gasteiger charge is -2.16. The summed E-state index contributed by atoms with van der Waals surface area (Å²) >= 11 is 0. The smallest absolute Gasteiger partial charge is 0.319 e. The van der Waals surface area contributed by atoms with Gasteiger partial charge >= 0.3 is 6.03 Å². The highest BCUT2D eigenvalue weighted by Crippen LogP contribution is 2.24. The van der Waals surface area contributed by atoms with Crippen LogP contribution in [0.5, 0.6) is 5.75 Å². The molecule has 0 aromatic heterocycles. The maximum atomic E-state index is 12.0. The molecule has 0 spiro atoms. The lowest BCUT2D eigenvalue weighted by atomic mass is 10.2. The molecule has 1 aromatic rings. The van der Waals surface area contributed by atoms with Gasteiger partial charge in [-0.2, -0.15) is 0 Å². The molecule has 1 aliphatic rings. The van der Waals surface area contributed by atoms with E-state index in [1.807, 2.05) is 19.9 Å². The van der Waals surface area contributed by atoms with Crippen molar-refractivity contribution in [2.24, 2.45) is 5.92 Å². The molecule has 7 heteroatoms. The minimum Gasteiger partial charge on any atom is -0.491 e. The summed E-state index contributed by atoms with van der Waals surface area (Å²) in [6.07, 6.45) is 0.460. The summed E-state index contributed by atoms with van der Waals surface area (Å²) in [7, 11) is -3.01. The Balaban J connectivity index is 1.94. The molecule has 1 saturated heterocycles. The predicted molar refractivity (Wildman–Crippen MR) is 86.0 cm³/mol. The normalized spacial score (nSPS) is 19.9. The number of hydrogen-bond acceptors (Lipinski definition) is 4. The van der Waals surface area contributed by atoms with Crippen molar-refractivity contribution in [3.8, 4) is 5.75 Å². The molecule has 0 aliphatic carbocycles. The van der Waals surface area contributed by atoms with Crippen LogP contribution in [-0.2, 0) is 9.84 Å². The van der Waals surface area contributed by atoms with E-state index >= 15 is 0 Å². The van der Waals surface area contributed by atoms with Crippen LogP contribution in [0, 0.1) is 5.92 Å². The fourth-order valence-corrected chi connectivity index (χ4v) is 3.88. The molecule has 1 unspecified atom stereocenters. The maximum absolute atomic E-state index is 12.0. The molecule has 1 aromatic carbocycles. The Labute approximate surface area is 131 Å². The number of anilines is 1. The average Bonchev–Trinajstić information content (AvgIpc) is 2.76. The summed E-state index contributed by atoms with van der Waals surface area (Å²) in [4.78, 5) is 12.0. The number of urea groups is 1. The van der Waals surface area contributed by atoms with Crippen molar-refractivity contribution in [2.75, 3.05) is 23.4 Å². The number of benzene rings is 1. The fourth-order valence-electron chi connectivity index (χ4n) is 2.20. The van der Waals surface area contributed by atoms with Crippen LogP contribution in [0.25, 0.3) is 0 Å². The standard InChI is InChI=1S/C15H22N2O4S/c1-11(2)9-21-14-6-4-3-5-13(14)17-15(18)16-12-7-8-22(19,20)10-12/h3-6,11-12H,7-10H2,1-2H3,(H2,16,17,18). The van der Waals surface area contributed by atoms with Crippen molar-refractivity contribution in [1.82, 2.24) is 5.32 Å². The molecule has 2 rings (SSSR count). The molecule has 1 atom stereocenters. The van der Waals surface area contributed by atoms with Gasteiger partial charge in [-0.15, -0.1) is 0 Å². The van der Waals surface area contributed by atoms with Gasteiger partial charge in [-0.25, -0.2) is 13.2 Å². The van der Waals surface area contributed by atoms with E-state index in [9.17, 15) is 13.2 Å². The average molecular weight is 326 g/mol. The number of carbonyl (C=O) groups is 1. The van der Waals surface area contributed by atoms with E-state index in [2.05, 4.69) is 10.6 Å². The van der Waals surface area contributed by atoms with E-state index in [1.54, 1.807) is 18.2 Å². The number of ether oxygens (including phenoxy) is 1. The molecule has 1 fully saturated rings. The topological polar surface area (TPSA) is 84.5 Å². The molecule has 1 heterocycles. The number of rotatable bonds is 5. The van der Waals surface area contributed by atoms with Crippen molar-refractivity contribution >= 4 is 21.6 Å². The summed E-state index contributed by atoms with van der Waals surface area (Å²) < 4.78 is 28.4. The lowest BCUT2D eigenvalue weighted by molar-refractivity contribution is 0.248. The summed E-state index contributed by atoms with van der Waals surface area (Å²) in [5.74, 6) is 1.12. The van der Waals surface area contributed by atoms with Crippen molar-refractivity contribution in [1.29, 1.82) is 0 Å². The van der Waals surface area contributed by atoms with Crippen LogP contribution in [-0.4, -0.2) is 38.6 Å². The van der Waals surface area contributed by atoms with Gasteiger partial charge in [0.05, 0.1) is 23.8 Å². The number of carbonyl (C=O) groups excluding carboxylic acids is 1. The minimum atomic E-state index is -3.01. The molecular weight excluding hydrogens is 304 g/mol. The second-order valence-corrected chi connectivity index (χ2v) is 8.13. The fraction of sp³-hybridized carbons (Fsp3) is 0.533. The SMILES string of the molecule is CC(C)COc1ccccc1NC(=O)NC1CCS(=O)(=O)C1. The number of hydrogen-bond donors (Lipinski definition) is 2. The molecule has 0 radical (unpaired) electrons. The highest BCUT2D eigenvalue weighted by atomic mass is 32.2.